The third kappa shape index (κ3) is 2.58. The zero-order chi connectivity index (χ0) is 15.1. The number of rotatable bonds is 2. The van der Waals surface area contributed by atoms with Gasteiger partial charge in [0.25, 0.3) is 0 Å². The molecule has 0 aliphatic rings. The second-order valence-electron chi connectivity index (χ2n) is 4.55. The Balaban J connectivity index is 2.37. The minimum atomic E-state index is -0.988. The van der Waals surface area contributed by atoms with Crippen molar-refractivity contribution in [3.8, 4) is 11.3 Å². The topological polar surface area (TPSA) is 68.0 Å². The van der Waals surface area contributed by atoms with E-state index >= 15 is 0 Å². The van der Waals surface area contributed by atoms with E-state index in [-0.39, 0.29) is 5.56 Å². The number of aromatic carboxylic acids is 1. The highest BCUT2D eigenvalue weighted by Crippen LogP contribution is 2.32. The Morgan fingerprint density at radius 1 is 1.29 bits per heavy atom. The monoisotopic (exact) mass is 409 g/mol. The average molecular weight is 411 g/mol. The van der Waals surface area contributed by atoms with Crippen LogP contribution in [0.1, 0.15) is 10.4 Å². The Morgan fingerprint density at radius 2 is 2.05 bits per heavy atom. The first-order valence-electron chi connectivity index (χ1n) is 5.98. The number of carboxylic acids is 1. The van der Waals surface area contributed by atoms with Gasteiger partial charge in [0.15, 0.2) is 0 Å². The van der Waals surface area contributed by atoms with Crippen LogP contribution in [0.5, 0.6) is 0 Å². The summed E-state index contributed by atoms with van der Waals surface area (Å²) in [5.41, 5.74) is 2.17. The predicted octanol–water partition coefficient (Wildman–Crippen LogP) is 3.86. The van der Waals surface area contributed by atoms with Crippen LogP contribution in [0.4, 0.5) is 0 Å². The fourth-order valence-electron chi connectivity index (χ4n) is 2.13. The van der Waals surface area contributed by atoms with Gasteiger partial charge >= 0.3 is 5.97 Å². The molecule has 0 fully saturated rings. The minimum Gasteiger partial charge on any atom is -0.478 e. The average Bonchev–Trinajstić information content (AvgIpc) is 2.84. The molecule has 0 spiro atoms. The first-order chi connectivity index (χ1) is 9.95. The van der Waals surface area contributed by atoms with Crippen molar-refractivity contribution in [3.05, 3.63) is 45.1 Å². The van der Waals surface area contributed by atoms with Crippen LogP contribution in [0.25, 0.3) is 22.2 Å². The van der Waals surface area contributed by atoms with Gasteiger partial charge in [-0.1, -0.05) is 15.9 Å². The summed E-state index contributed by atoms with van der Waals surface area (Å²) < 4.78 is 3.18. The predicted molar refractivity (Wildman–Crippen MR) is 86.3 cm³/mol. The number of benzene rings is 1. The third-order valence-electron chi connectivity index (χ3n) is 3.06. The van der Waals surface area contributed by atoms with Gasteiger partial charge in [0, 0.05) is 33.1 Å². The lowest BCUT2D eigenvalue weighted by molar-refractivity contribution is 0.0699. The van der Waals surface area contributed by atoms with Crippen molar-refractivity contribution in [2.45, 2.75) is 0 Å². The van der Waals surface area contributed by atoms with Crippen LogP contribution in [0.3, 0.4) is 0 Å². The fraction of sp³-hybridized carbons (Fsp3) is 0.0714. The Hall–Kier alpha value is -1.73. The molecule has 0 aliphatic heterocycles. The number of aromatic nitrogens is 3. The van der Waals surface area contributed by atoms with Crippen molar-refractivity contribution in [1.29, 1.82) is 0 Å². The number of carboxylic acid groups (broad SMARTS) is 1. The number of carbonyl (C=O) groups is 1. The van der Waals surface area contributed by atoms with E-state index in [1.165, 1.54) is 0 Å². The Labute approximate surface area is 136 Å². The van der Waals surface area contributed by atoms with Gasteiger partial charge < -0.3 is 5.11 Å². The lowest BCUT2D eigenvalue weighted by Crippen LogP contribution is -2.00. The molecule has 7 heteroatoms. The third-order valence-corrected chi connectivity index (χ3v) is 4.13. The van der Waals surface area contributed by atoms with Crippen LogP contribution < -0.4 is 0 Å². The van der Waals surface area contributed by atoms with Crippen molar-refractivity contribution >= 4 is 48.7 Å². The number of halogens is 2. The molecule has 0 radical (unpaired) electrons. The van der Waals surface area contributed by atoms with Gasteiger partial charge in [-0.2, -0.15) is 5.10 Å². The molecule has 5 nitrogen and oxygen atoms in total. The van der Waals surface area contributed by atoms with Gasteiger partial charge in [-0.3, -0.25) is 4.68 Å². The molecule has 1 aromatic carbocycles. The highest BCUT2D eigenvalue weighted by Gasteiger charge is 2.16. The lowest BCUT2D eigenvalue weighted by Gasteiger charge is -2.08. The summed E-state index contributed by atoms with van der Waals surface area (Å²) in [7, 11) is 1.80. The smallest absolute Gasteiger partial charge is 0.336 e. The second-order valence-corrected chi connectivity index (χ2v) is 6.32. The Bertz CT molecular complexity index is 874. The zero-order valence-corrected chi connectivity index (χ0v) is 14.0. The van der Waals surface area contributed by atoms with Crippen molar-refractivity contribution in [2.24, 2.45) is 7.05 Å². The van der Waals surface area contributed by atoms with Crippen LogP contribution in [-0.2, 0) is 7.05 Å². The van der Waals surface area contributed by atoms with Gasteiger partial charge in [0.1, 0.15) is 0 Å². The maximum atomic E-state index is 11.5. The normalized spacial score (nSPS) is 11.0. The molecule has 3 rings (SSSR count). The SMILES string of the molecule is Cn1cc(-c2cc(C(=O)O)c3cc(Br)cc(Br)c3n2)cn1. The van der Waals surface area contributed by atoms with Crippen molar-refractivity contribution in [1.82, 2.24) is 14.8 Å². The summed E-state index contributed by atoms with van der Waals surface area (Å²) in [6.45, 7) is 0. The zero-order valence-electron chi connectivity index (χ0n) is 10.8. The molecule has 0 bridgehead atoms. The summed E-state index contributed by atoms with van der Waals surface area (Å²) in [6.07, 6.45) is 3.46. The molecule has 2 heterocycles. The van der Waals surface area contributed by atoms with E-state index in [0.717, 1.165) is 14.5 Å². The van der Waals surface area contributed by atoms with Crippen molar-refractivity contribution in [3.63, 3.8) is 0 Å². The Kier molecular flexibility index (Phi) is 3.54. The highest BCUT2D eigenvalue weighted by molar-refractivity contribution is 9.11. The number of hydrogen-bond donors (Lipinski definition) is 1. The van der Waals surface area contributed by atoms with E-state index in [1.54, 1.807) is 36.3 Å². The van der Waals surface area contributed by atoms with Gasteiger partial charge in [-0.05, 0) is 34.1 Å². The highest BCUT2D eigenvalue weighted by atomic mass is 79.9. The fourth-order valence-corrected chi connectivity index (χ4v) is 3.44. The minimum absolute atomic E-state index is 0.209. The molecule has 0 aliphatic carbocycles. The molecular formula is C14H9Br2N3O2. The molecule has 1 N–H and O–H groups in total. The van der Waals surface area contributed by atoms with Crippen LogP contribution in [0.2, 0.25) is 0 Å². The first-order valence-corrected chi connectivity index (χ1v) is 7.56. The van der Waals surface area contributed by atoms with E-state index in [4.69, 9.17) is 0 Å². The van der Waals surface area contributed by atoms with Gasteiger partial charge in [0.2, 0.25) is 0 Å². The number of nitrogens with zero attached hydrogens (tertiary/aromatic N) is 3. The van der Waals surface area contributed by atoms with Crippen LogP contribution >= 0.6 is 31.9 Å². The molecular weight excluding hydrogens is 402 g/mol. The first kappa shape index (κ1) is 14.2. The standard InChI is InChI=1S/C14H9Br2N3O2/c1-19-6-7(5-17-19)12-4-10(14(20)21)9-2-8(15)3-11(16)13(9)18-12/h2-6H,1H3,(H,20,21). The molecule has 0 atom stereocenters. The van der Waals surface area contributed by atoms with E-state index in [2.05, 4.69) is 41.9 Å². The van der Waals surface area contributed by atoms with Crippen molar-refractivity contribution in [2.75, 3.05) is 0 Å². The second kappa shape index (κ2) is 5.23. The number of fused-ring (bicyclic) bond motifs is 1. The maximum absolute atomic E-state index is 11.5. The summed E-state index contributed by atoms with van der Waals surface area (Å²) in [5, 5.41) is 14.1. The molecule has 21 heavy (non-hydrogen) atoms. The molecule has 0 saturated carbocycles. The molecule has 0 amide bonds. The molecule has 0 saturated heterocycles. The van der Waals surface area contributed by atoms with E-state index in [9.17, 15) is 9.90 Å². The molecule has 0 unspecified atom stereocenters. The van der Waals surface area contributed by atoms with E-state index < -0.39 is 5.97 Å². The van der Waals surface area contributed by atoms with E-state index in [0.29, 0.717) is 16.6 Å². The van der Waals surface area contributed by atoms with Crippen LogP contribution in [0, 0.1) is 0 Å². The summed E-state index contributed by atoms with van der Waals surface area (Å²) in [6, 6.07) is 5.16. The summed E-state index contributed by atoms with van der Waals surface area (Å²) in [4.78, 5) is 16.1. The van der Waals surface area contributed by atoms with Gasteiger partial charge in [-0.25, -0.2) is 9.78 Å². The number of aryl methyl sites for hydroxylation is 1. The summed E-state index contributed by atoms with van der Waals surface area (Å²) >= 11 is 6.81. The maximum Gasteiger partial charge on any atom is 0.336 e. The largest absolute Gasteiger partial charge is 0.478 e. The van der Waals surface area contributed by atoms with Crippen LogP contribution in [-0.4, -0.2) is 25.8 Å². The van der Waals surface area contributed by atoms with Gasteiger partial charge in [0.05, 0.1) is 23.0 Å². The molecule has 2 aromatic heterocycles. The van der Waals surface area contributed by atoms with E-state index in [1.807, 2.05) is 6.07 Å². The Morgan fingerprint density at radius 3 is 2.67 bits per heavy atom. The van der Waals surface area contributed by atoms with Crippen molar-refractivity contribution < 1.29 is 9.90 Å². The summed E-state index contributed by atoms with van der Waals surface area (Å²) in [5.74, 6) is -0.988. The lowest BCUT2D eigenvalue weighted by atomic mass is 10.1. The number of pyridine rings is 1. The molecule has 106 valence electrons. The van der Waals surface area contributed by atoms with Crippen LogP contribution in [0.15, 0.2) is 39.5 Å². The number of hydrogen-bond acceptors (Lipinski definition) is 3. The quantitative estimate of drug-likeness (QED) is 0.696. The van der Waals surface area contributed by atoms with Gasteiger partial charge in [-0.15, -0.1) is 0 Å². The molecule has 3 aromatic rings.